The molecule has 9 heteroatoms. The molecular weight excluding hydrogens is 682 g/mol. The van der Waals surface area contributed by atoms with Crippen LogP contribution in [0.25, 0.3) is 6.08 Å². The molecular formula is C40H38BrN3O5. The molecule has 49 heavy (non-hydrogen) atoms. The van der Waals surface area contributed by atoms with E-state index in [-0.39, 0.29) is 23.5 Å². The van der Waals surface area contributed by atoms with Gasteiger partial charge >= 0.3 is 6.03 Å². The van der Waals surface area contributed by atoms with Crippen LogP contribution in [-0.4, -0.2) is 43.6 Å². The Hall–Kier alpha value is -4.89. The molecule has 0 aliphatic carbocycles. The molecule has 1 N–H and O–H groups in total. The van der Waals surface area contributed by atoms with Gasteiger partial charge in [-0.05, 0) is 108 Å². The highest BCUT2D eigenvalue weighted by molar-refractivity contribution is 9.10. The van der Waals surface area contributed by atoms with Crippen LogP contribution < -0.4 is 24.6 Å². The third kappa shape index (κ3) is 6.23. The second-order valence-corrected chi connectivity index (χ2v) is 13.7. The SMILES string of the molecule is CCOc1cc(/C=C2\C(=O)NC(=O)N(c3cc4c5c(c3)[C@H](c3ccccc3)CCN5CC[C@H]4c3ccccc3)C2=O)cc(Br)c1OC(C)C. The lowest BCUT2D eigenvalue weighted by molar-refractivity contribution is -0.122. The Labute approximate surface area is 294 Å². The summed E-state index contributed by atoms with van der Waals surface area (Å²) in [6.07, 6.45) is 3.22. The highest BCUT2D eigenvalue weighted by Crippen LogP contribution is 2.50. The largest absolute Gasteiger partial charge is 0.490 e. The predicted octanol–water partition coefficient (Wildman–Crippen LogP) is 8.18. The van der Waals surface area contributed by atoms with Crippen LogP contribution in [0.2, 0.25) is 0 Å². The lowest BCUT2D eigenvalue weighted by Gasteiger charge is -2.44. The number of anilines is 2. The van der Waals surface area contributed by atoms with Gasteiger partial charge in [-0.2, -0.15) is 0 Å². The normalized spacial score (nSPS) is 19.6. The third-order valence-electron chi connectivity index (χ3n) is 9.36. The molecule has 1 saturated heterocycles. The highest BCUT2D eigenvalue weighted by Gasteiger charge is 2.40. The molecule has 0 bridgehead atoms. The molecule has 1 fully saturated rings. The van der Waals surface area contributed by atoms with Crippen LogP contribution in [0.1, 0.15) is 73.3 Å². The van der Waals surface area contributed by atoms with E-state index in [4.69, 9.17) is 9.47 Å². The molecule has 2 atom stereocenters. The van der Waals surface area contributed by atoms with E-state index in [1.54, 1.807) is 12.1 Å². The summed E-state index contributed by atoms with van der Waals surface area (Å²) in [5.41, 5.74) is 6.56. The molecule has 3 heterocycles. The number of hydrogen-bond acceptors (Lipinski definition) is 6. The van der Waals surface area contributed by atoms with Crippen LogP contribution in [0.3, 0.4) is 0 Å². The topological polar surface area (TPSA) is 88.2 Å². The van der Waals surface area contributed by atoms with E-state index in [2.05, 4.69) is 50.4 Å². The first kappa shape index (κ1) is 32.6. The Morgan fingerprint density at radius 1 is 0.878 bits per heavy atom. The van der Waals surface area contributed by atoms with E-state index >= 15 is 0 Å². The van der Waals surface area contributed by atoms with Crippen molar-refractivity contribution in [2.24, 2.45) is 0 Å². The number of carbonyl (C=O) groups is 3. The molecule has 0 radical (unpaired) electrons. The van der Waals surface area contributed by atoms with Crippen LogP contribution in [0.15, 0.2) is 95.0 Å². The van der Waals surface area contributed by atoms with Gasteiger partial charge in [0.2, 0.25) is 0 Å². The van der Waals surface area contributed by atoms with E-state index in [0.717, 1.165) is 42.0 Å². The number of barbiturate groups is 1. The minimum Gasteiger partial charge on any atom is -0.490 e. The smallest absolute Gasteiger partial charge is 0.335 e. The van der Waals surface area contributed by atoms with Crippen molar-refractivity contribution in [1.82, 2.24) is 5.32 Å². The van der Waals surface area contributed by atoms with Crippen molar-refractivity contribution in [3.8, 4) is 11.5 Å². The molecule has 250 valence electrons. The molecule has 8 nitrogen and oxygen atoms in total. The maximum Gasteiger partial charge on any atom is 0.335 e. The number of imide groups is 2. The Bertz CT molecular complexity index is 1890. The highest BCUT2D eigenvalue weighted by atomic mass is 79.9. The van der Waals surface area contributed by atoms with Gasteiger partial charge in [-0.1, -0.05) is 60.7 Å². The molecule has 3 aliphatic heterocycles. The molecule has 0 spiro atoms. The summed E-state index contributed by atoms with van der Waals surface area (Å²) in [5.74, 6) is -0.256. The molecule has 4 amide bonds. The number of ether oxygens (including phenoxy) is 2. The maximum atomic E-state index is 14.3. The van der Waals surface area contributed by atoms with Crippen LogP contribution >= 0.6 is 15.9 Å². The molecule has 0 aromatic heterocycles. The number of urea groups is 1. The zero-order valence-electron chi connectivity index (χ0n) is 27.7. The summed E-state index contributed by atoms with van der Waals surface area (Å²) in [7, 11) is 0. The monoisotopic (exact) mass is 719 g/mol. The summed E-state index contributed by atoms with van der Waals surface area (Å²) in [5, 5.41) is 2.43. The van der Waals surface area contributed by atoms with Crippen molar-refractivity contribution < 1.29 is 23.9 Å². The lowest BCUT2D eigenvalue weighted by atomic mass is 9.76. The summed E-state index contributed by atoms with van der Waals surface area (Å²) in [6, 6.07) is 27.4. The number of nitrogens with zero attached hydrogens (tertiary/aromatic N) is 2. The van der Waals surface area contributed by atoms with E-state index in [1.807, 2.05) is 69.3 Å². The fourth-order valence-electron chi connectivity index (χ4n) is 7.31. The van der Waals surface area contributed by atoms with Gasteiger partial charge in [0.15, 0.2) is 11.5 Å². The van der Waals surface area contributed by atoms with Gasteiger partial charge in [-0.25, -0.2) is 9.69 Å². The average Bonchev–Trinajstić information content (AvgIpc) is 3.09. The van der Waals surface area contributed by atoms with Gasteiger partial charge in [-0.3, -0.25) is 14.9 Å². The van der Waals surface area contributed by atoms with Crippen LogP contribution in [0.4, 0.5) is 16.2 Å². The zero-order valence-corrected chi connectivity index (χ0v) is 29.3. The first-order chi connectivity index (χ1) is 23.7. The standard InChI is InChI=1S/C40H38BrN3O5/c1-4-48-35-21-25(20-34(41)37(35)49-24(2)3)19-33-38(45)42-40(47)44(39(33)46)28-22-31-29(26-11-7-5-8-12-26)15-17-43-18-16-30(32(23-28)36(31)43)27-13-9-6-10-14-27/h5-14,19-24,29-30H,4,15-18H2,1-3H3,(H,42,45,47)/b33-19+/t29-,30-/m0/s1. The molecule has 4 aromatic carbocycles. The number of nitrogens with one attached hydrogen (secondary N) is 1. The van der Waals surface area contributed by atoms with Crippen molar-refractivity contribution in [3.63, 3.8) is 0 Å². The van der Waals surface area contributed by atoms with Crippen molar-refractivity contribution in [3.05, 3.63) is 123 Å². The minimum absolute atomic E-state index is 0.0844. The average molecular weight is 721 g/mol. The van der Waals surface area contributed by atoms with E-state index in [1.165, 1.54) is 22.9 Å². The minimum atomic E-state index is -0.771. The second-order valence-electron chi connectivity index (χ2n) is 12.9. The van der Waals surface area contributed by atoms with Gasteiger partial charge in [0.25, 0.3) is 11.8 Å². The van der Waals surface area contributed by atoms with Crippen LogP contribution in [0, 0.1) is 0 Å². The predicted molar refractivity (Wildman–Crippen MR) is 195 cm³/mol. The van der Waals surface area contributed by atoms with E-state index < -0.39 is 17.8 Å². The fraction of sp³-hybridized carbons (Fsp3) is 0.275. The number of halogens is 1. The third-order valence-corrected chi connectivity index (χ3v) is 9.95. The maximum absolute atomic E-state index is 14.3. The number of hydrogen-bond donors (Lipinski definition) is 1. The molecule has 7 rings (SSSR count). The summed E-state index contributed by atoms with van der Waals surface area (Å²) in [4.78, 5) is 44.7. The van der Waals surface area contributed by atoms with E-state index in [0.29, 0.717) is 33.8 Å². The number of rotatable bonds is 8. The first-order valence-corrected chi connectivity index (χ1v) is 17.6. The van der Waals surface area contributed by atoms with Crippen molar-refractivity contribution >= 4 is 51.2 Å². The molecule has 3 aliphatic rings. The quantitative estimate of drug-likeness (QED) is 0.146. The van der Waals surface area contributed by atoms with Gasteiger partial charge in [0.05, 0.1) is 22.9 Å². The zero-order chi connectivity index (χ0) is 34.2. The van der Waals surface area contributed by atoms with Crippen LogP contribution in [-0.2, 0) is 9.59 Å². The van der Waals surface area contributed by atoms with Gasteiger partial charge in [-0.15, -0.1) is 0 Å². The second kappa shape index (κ2) is 13.6. The number of carbonyl (C=O) groups excluding carboxylic acids is 3. The van der Waals surface area contributed by atoms with Gasteiger partial charge < -0.3 is 14.4 Å². The Morgan fingerprint density at radius 2 is 1.47 bits per heavy atom. The molecule has 0 saturated carbocycles. The number of amides is 4. The summed E-state index contributed by atoms with van der Waals surface area (Å²) < 4.78 is 12.4. The Balaban J connectivity index is 1.35. The Morgan fingerprint density at radius 3 is 2.02 bits per heavy atom. The van der Waals surface area contributed by atoms with E-state index in [9.17, 15) is 14.4 Å². The van der Waals surface area contributed by atoms with Crippen molar-refractivity contribution in [2.45, 2.75) is 51.6 Å². The van der Waals surface area contributed by atoms with Crippen molar-refractivity contribution in [1.29, 1.82) is 0 Å². The van der Waals surface area contributed by atoms with Crippen molar-refractivity contribution in [2.75, 3.05) is 29.5 Å². The molecule has 0 unspecified atom stereocenters. The summed E-state index contributed by atoms with van der Waals surface area (Å²) >= 11 is 3.57. The van der Waals surface area contributed by atoms with Crippen LogP contribution in [0.5, 0.6) is 11.5 Å². The molecule has 4 aromatic rings. The fourth-order valence-corrected chi connectivity index (χ4v) is 7.86. The lowest BCUT2D eigenvalue weighted by Crippen LogP contribution is -2.54. The number of benzene rings is 4. The Kier molecular flexibility index (Phi) is 9.03. The summed E-state index contributed by atoms with van der Waals surface area (Å²) in [6.45, 7) is 7.96. The van der Waals surface area contributed by atoms with Gasteiger partial charge in [0.1, 0.15) is 5.57 Å². The first-order valence-electron chi connectivity index (χ1n) is 16.8. The van der Waals surface area contributed by atoms with Gasteiger partial charge in [0, 0.05) is 30.6 Å².